The number of hydrogen-bond donors (Lipinski definition) is 0. The standard InChI is InChI=1S/C10H19NO3/c1-3-13-9-5-7-11(8-6-9)10(12)14-4-2/h9H,3-8H2,1-2H3. The van der Waals surface area contributed by atoms with E-state index >= 15 is 0 Å². The first-order chi connectivity index (χ1) is 6.77. The zero-order valence-electron chi connectivity index (χ0n) is 8.99. The van der Waals surface area contributed by atoms with Crippen molar-refractivity contribution in [3.63, 3.8) is 0 Å². The number of carbonyl (C=O) groups excluding carboxylic acids is 1. The summed E-state index contributed by atoms with van der Waals surface area (Å²) in [4.78, 5) is 13.1. The lowest BCUT2D eigenvalue weighted by atomic mass is 10.1. The van der Waals surface area contributed by atoms with Crippen LogP contribution in [0.5, 0.6) is 0 Å². The van der Waals surface area contributed by atoms with Crippen molar-refractivity contribution in [2.24, 2.45) is 0 Å². The Kier molecular flexibility index (Phi) is 4.73. The molecule has 82 valence electrons. The zero-order chi connectivity index (χ0) is 10.4. The molecule has 1 aliphatic rings. The van der Waals surface area contributed by atoms with Crippen molar-refractivity contribution in [2.75, 3.05) is 26.3 Å². The highest BCUT2D eigenvalue weighted by Crippen LogP contribution is 2.14. The quantitative estimate of drug-likeness (QED) is 0.696. The first kappa shape index (κ1) is 11.3. The molecule has 0 spiro atoms. The summed E-state index contributed by atoms with van der Waals surface area (Å²) in [6.45, 7) is 6.53. The van der Waals surface area contributed by atoms with Gasteiger partial charge in [-0.3, -0.25) is 0 Å². The molecule has 0 aliphatic carbocycles. The van der Waals surface area contributed by atoms with E-state index in [1.54, 1.807) is 4.90 Å². The number of hydrogen-bond acceptors (Lipinski definition) is 3. The lowest BCUT2D eigenvalue weighted by Crippen LogP contribution is -2.41. The minimum Gasteiger partial charge on any atom is -0.450 e. The Balaban J connectivity index is 2.24. The van der Waals surface area contributed by atoms with E-state index in [1.165, 1.54) is 0 Å². The van der Waals surface area contributed by atoms with Crippen molar-refractivity contribution in [1.82, 2.24) is 4.90 Å². The molecule has 0 aromatic heterocycles. The summed E-state index contributed by atoms with van der Waals surface area (Å²) < 4.78 is 10.4. The molecular formula is C10H19NO3. The van der Waals surface area contributed by atoms with Gasteiger partial charge in [-0.2, -0.15) is 0 Å². The summed E-state index contributed by atoms with van der Waals surface area (Å²) in [5.41, 5.74) is 0. The van der Waals surface area contributed by atoms with Crippen LogP contribution in [0, 0.1) is 0 Å². The fourth-order valence-electron chi connectivity index (χ4n) is 1.66. The van der Waals surface area contributed by atoms with Gasteiger partial charge < -0.3 is 14.4 Å². The van der Waals surface area contributed by atoms with Crippen LogP contribution in [-0.2, 0) is 9.47 Å². The van der Waals surface area contributed by atoms with Gasteiger partial charge in [-0.25, -0.2) is 4.79 Å². The summed E-state index contributed by atoms with van der Waals surface area (Å²) in [6.07, 6.45) is 1.98. The minimum absolute atomic E-state index is 0.192. The van der Waals surface area contributed by atoms with E-state index < -0.39 is 0 Å². The van der Waals surface area contributed by atoms with Gasteiger partial charge >= 0.3 is 6.09 Å². The predicted molar refractivity (Wildman–Crippen MR) is 53.2 cm³/mol. The van der Waals surface area contributed by atoms with Gasteiger partial charge in [-0.15, -0.1) is 0 Å². The van der Waals surface area contributed by atoms with Crippen LogP contribution < -0.4 is 0 Å². The number of likely N-dealkylation sites (tertiary alicyclic amines) is 1. The second-order valence-electron chi connectivity index (χ2n) is 3.34. The molecule has 0 aromatic carbocycles. The van der Waals surface area contributed by atoms with Crippen LogP contribution in [-0.4, -0.2) is 43.4 Å². The first-order valence-electron chi connectivity index (χ1n) is 5.31. The van der Waals surface area contributed by atoms with Gasteiger partial charge in [-0.05, 0) is 26.7 Å². The lowest BCUT2D eigenvalue weighted by molar-refractivity contribution is 0.0124. The summed E-state index contributed by atoms with van der Waals surface area (Å²) in [7, 11) is 0. The molecule has 0 bridgehead atoms. The average molecular weight is 201 g/mol. The van der Waals surface area contributed by atoms with Crippen molar-refractivity contribution >= 4 is 6.09 Å². The molecule has 0 N–H and O–H groups in total. The second kappa shape index (κ2) is 5.86. The second-order valence-corrected chi connectivity index (χ2v) is 3.34. The zero-order valence-corrected chi connectivity index (χ0v) is 8.99. The SMILES string of the molecule is CCOC(=O)N1CCC(OCC)CC1. The van der Waals surface area contributed by atoms with Gasteiger partial charge in [-0.1, -0.05) is 0 Å². The lowest BCUT2D eigenvalue weighted by Gasteiger charge is -2.30. The Bertz CT molecular complexity index is 176. The Hall–Kier alpha value is -0.770. The molecule has 0 atom stereocenters. The molecule has 0 aromatic rings. The van der Waals surface area contributed by atoms with E-state index in [9.17, 15) is 4.79 Å². The Labute approximate surface area is 85.2 Å². The first-order valence-corrected chi connectivity index (χ1v) is 5.31. The Morgan fingerprint density at radius 3 is 2.43 bits per heavy atom. The van der Waals surface area contributed by atoms with Crippen LogP contribution >= 0.6 is 0 Å². The fraction of sp³-hybridized carbons (Fsp3) is 0.900. The van der Waals surface area contributed by atoms with Gasteiger partial charge in [0, 0.05) is 19.7 Å². The van der Waals surface area contributed by atoms with E-state index in [0.717, 1.165) is 32.5 Å². The van der Waals surface area contributed by atoms with Gasteiger partial charge in [0.1, 0.15) is 0 Å². The Morgan fingerprint density at radius 2 is 1.93 bits per heavy atom. The fourth-order valence-corrected chi connectivity index (χ4v) is 1.66. The number of nitrogens with zero attached hydrogens (tertiary/aromatic N) is 1. The molecule has 1 amide bonds. The normalized spacial score (nSPS) is 18.3. The molecular weight excluding hydrogens is 182 g/mol. The monoisotopic (exact) mass is 201 g/mol. The van der Waals surface area contributed by atoms with Crippen LogP contribution in [0.2, 0.25) is 0 Å². The van der Waals surface area contributed by atoms with Crippen molar-refractivity contribution in [2.45, 2.75) is 32.8 Å². The summed E-state index contributed by atoms with van der Waals surface area (Å²) >= 11 is 0. The minimum atomic E-state index is -0.192. The van der Waals surface area contributed by atoms with E-state index in [-0.39, 0.29) is 6.09 Å². The maximum absolute atomic E-state index is 11.3. The molecule has 0 saturated carbocycles. The van der Waals surface area contributed by atoms with Crippen LogP contribution in [0.3, 0.4) is 0 Å². The number of rotatable bonds is 3. The van der Waals surface area contributed by atoms with Crippen LogP contribution in [0.25, 0.3) is 0 Å². The molecule has 4 nitrogen and oxygen atoms in total. The average Bonchev–Trinajstić information content (AvgIpc) is 2.20. The highest BCUT2D eigenvalue weighted by Gasteiger charge is 2.23. The van der Waals surface area contributed by atoms with Gasteiger partial charge in [0.2, 0.25) is 0 Å². The van der Waals surface area contributed by atoms with Gasteiger partial charge in [0.15, 0.2) is 0 Å². The highest BCUT2D eigenvalue weighted by atomic mass is 16.6. The van der Waals surface area contributed by atoms with Crippen LogP contribution in [0.4, 0.5) is 4.79 Å². The number of amides is 1. The molecule has 1 rings (SSSR count). The molecule has 4 heteroatoms. The number of piperidine rings is 1. The summed E-state index contributed by atoms with van der Waals surface area (Å²) in [5, 5.41) is 0. The van der Waals surface area contributed by atoms with E-state index in [1.807, 2.05) is 13.8 Å². The highest BCUT2D eigenvalue weighted by molar-refractivity contribution is 5.67. The molecule has 14 heavy (non-hydrogen) atoms. The number of ether oxygens (including phenoxy) is 2. The summed E-state index contributed by atoms with van der Waals surface area (Å²) in [5.74, 6) is 0. The molecule has 1 aliphatic heterocycles. The third-order valence-electron chi connectivity index (χ3n) is 2.37. The molecule has 1 heterocycles. The molecule has 1 saturated heterocycles. The third-order valence-corrected chi connectivity index (χ3v) is 2.37. The van der Waals surface area contributed by atoms with E-state index in [4.69, 9.17) is 9.47 Å². The third kappa shape index (κ3) is 3.18. The van der Waals surface area contributed by atoms with Crippen LogP contribution in [0.1, 0.15) is 26.7 Å². The molecule has 0 unspecified atom stereocenters. The van der Waals surface area contributed by atoms with E-state index in [0.29, 0.717) is 12.7 Å². The Morgan fingerprint density at radius 1 is 1.29 bits per heavy atom. The van der Waals surface area contributed by atoms with E-state index in [2.05, 4.69) is 0 Å². The smallest absolute Gasteiger partial charge is 0.409 e. The molecule has 1 fully saturated rings. The number of carbonyl (C=O) groups is 1. The summed E-state index contributed by atoms with van der Waals surface area (Å²) in [6, 6.07) is 0. The van der Waals surface area contributed by atoms with Gasteiger partial charge in [0.05, 0.1) is 12.7 Å². The van der Waals surface area contributed by atoms with Crippen molar-refractivity contribution in [1.29, 1.82) is 0 Å². The van der Waals surface area contributed by atoms with Crippen molar-refractivity contribution in [3.05, 3.63) is 0 Å². The predicted octanol–water partition coefficient (Wildman–Crippen LogP) is 1.64. The van der Waals surface area contributed by atoms with Gasteiger partial charge in [0.25, 0.3) is 0 Å². The largest absolute Gasteiger partial charge is 0.450 e. The maximum Gasteiger partial charge on any atom is 0.409 e. The molecule has 0 radical (unpaired) electrons. The van der Waals surface area contributed by atoms with Crippen LogP contribution in [0.15, 0.2) is 0 Å². The topological polar surface area (TPSA) is 38.8 Å². The van der Waals surface area contributed by atoms with Crippen molar-refractivity contribution in [3.8, 4) is 0 Å². The maximum atomic E-state index is 11.3. The van der Waals surface area contributed by atoms with Crippen molar-refractivity contribution < 1.29 is 14.3 Å².